The molecule has 0 bridgehead atoms. The van der Waals surface area contributed by atoms with E-state index in [1.54, 1.807) is 12.1 Å². The molecule has 162 valence electrons. The summed E-state index contributed by atoms with van der Waals surface area (Å²) >= 11 is 0. The second-order valence-electron chi connectivity index (χ2n) is 6.55. The van der Waals surface area contributed by atoms with E-state index in [-0.39, 0.29) is 24.1 Å². The van der Waals surface area contributed by atoms with Gasteiger partial charge in [0.05, 0.1) is 37.0 Å². The van der Waals surface area contributed by atoms with Crippen molar-refractivity contribution in [2.75, 3.05) is 14.2 Å². The van der Waals surface area contributed by atoms with Gasteiger partial charge in [0.1, 0.15) is 5.82 Å². The third-order valence-corrected chi connectivity index (χ3v) is 4.57. The zero-order valence-corrected chi connectivity index (χ0v) is 17.0. The van der Waals surface area contributed by atoms with E-state index < -0.39 is 17.6 Å². The number of carbonyl (C=O) groups excluding carboxylic acids is 2. The van der Waals surface area contributed by atoms with E-state index in [1.807, 2.05) is 0 Å². The van der Waals surface area contributed by atoms with Gasteiger partial charge >= 0.3 is 0 Å². The summed E-state index contributed by atoms with van der Waals surface area (Å²) in [6, 6.07) is 8.61. The van der Waals surface area contributed by atoms with E-state index >= 15 is 0 Å². The third-order valence-electron chi connectivity index (χ3n) is 4.57. The Hall–Kier alpha value is -3.95. The van der Waals surface area contributed by atoms with Crippen LogP contribution in [0.4, 0.5) is 4.39 Å². The predicted octanol–water partition coefficient (Wildman–Crippen LogP) is 1.79. The van der Waals surface area contributed by atoms with Crippen LogP contribution in [0.1, 0.15) is 23.2 Å². The molecule has 2 amide bonds. The SMILES string of the molecule is COc1cc2ncn(CCCC(=O)NNC(=O)c3ccccc3F)c(=O)c2cc1OC. The number of rotatable bonds is 7. The molecule has 0 saturated carbocycles. The molecule has 0 spiro atoms. The van der Waals surface area contributed by atoms with Gasteiger partial charge in [-0.3, -0.25) is 29.8 Å². The lowest BCUT2D eigenvalue weighted by Gasteiger charge is -2.11. The second kappa shape index (κ2) is 9.70. The Morgan fingerprint density at radius 3 is 2.52 bits per heavy atom. The first kappa shape index (κ1) is 21.8. The summed E-state index contributed by atoms with van der Waals surface area (Å²) in [5, 5.41) is 0.363. The number of nitrogens with one attached hydrogen (secondary N) is 2. The minimum Gasteiger partial charge on any atom is -0.493 e. The maximum Gasteiger partial charge on any atom is 0.272 e. The molecule has 1 aromatic heterocycles. The van der Waals surface area contributed by atoms with Crippen molar-refractivity contribution in [1.82, 2.24) is 20.4 Å². The van der Waals surface area contributed by atoms with Crippen LogP contribution in [0.2, 0.25) is 0 Å². The average Bonchev–Trinajstić information content (AvgIpc) is 2.78. The van der Waals surface area contributed by atoms with E-state index in [1.165, 1.54) is 43.3 Å². The molecule has 3 rings (SSSR count). The lowest BCUT2D eigenvalue weighted by atomic mass is 10.2. The van der Waals surface area contributed by atoms with Gasteiger partial charge in [0.25, 0.3) is 11.5 Å². The molecular weight excluding hydrogens is 407 g/mol. The van der Waals surface area contributed by atoms with Gasteiger partial charge in [-0.15, -0.1) is 0 Å². The van der Waals surface area contributed by atoms with Crippen LogP contribution >= 0.6 is 0 Å². The smallest absolute Gasteiger partial charge is 0.272 e. The molecule has 2 aromatic carbocycles. The van der Waals surface area contributed by atoms with Crippen molar-refractivity contribution in [1.29, 1.82) is 0 Å². The number of halogens is 1. The monoisotopic (exact) mass is 428 g/mol. The fraction of sp³-hybridized carbons (Fsp3) is 0.238. The topological polar surface area (TPSA) is 112 Å². The molecule has 9 nitrogen and oxygen atoms in total. The minimum atomic E-state index is -0.759. The second-order valence-corrected chi connectivity index (χ2v) is 6.55. The van der Waals surface area contributed by atoms with Gasteiger partial charge in [-0.05, 0) is 24.6 Å². The Kier molecular flexibility index (Phi) is 6.81. The van der Waals surface area contributed by atoms with Crippen LogP contribution in [-0.2, 0) is 11.3 Å². The fourth-order valence-electron chi connectivity index (χ4n) is 2.96. The number of benzene rings is 2. The molecule has 0 aliphatic heterocycles. The summed E-state index contributed by atoms with van der Waals surface area (Å²) in [5.41, 5.74) is 4.40. The van der Waals surface area contributed by atoms with Crippen molar-refractivity contribution in [2.45, 2.75) is 19.4 Å². The summed E-state index contributed by atoms with van der Waals surface area (Å²) in [7, 11) is 2.97. The van der Waals surface area contributed by atoms with Crippen LogP contribution in [-0.4, -0.2) is 35.6 Å². The highest BCUT2D eigenvalue weighted by molar-refractivity contribution is 5.95. The summed E-state index contributed by atoms with van der Waals surface area (Å²) in [5.74, 6) is -1.04. The van der Waals surface area contributed by atoms with Crippen molar-refractivity contribution in [3.63, 3.8) is 0 Å². The van der Waals surface area contributed by atoms with Crippen molar-refractivity contribution in [2.24, 2.45) is 0 Å². The van der Waals surface area contributed by atoms with E-state index in [0.717, 1.165) is 6.07 Å². The number of nitrogens with zero attached hydrogens (tertiary/aromatic N) is 2. The number of amides is 2. The largest absolute Gasteiger partial charge is 0.493 e. The summed E-state index contributed by atoms with van der Waals surface area (Å²) in [6.07, 6.45) is 1.75. The zero-order valence-electron chi connectivity index (χ0n) is 17.0. The van der Waals surface area contributed by atoms with Gasteiger partial charge in [0.2, 0.25) is 5.91 Å². The van der Waals surface area contributed by atoms with Crippen LogP contribution in [0.3, 0.4) is 0 Å². The van der Waals surface area contributed by atoms with Crippen LogP contribution in [0.5, 0.6) is 11.5 Å². The first-order valence-electron chi connectivity index (χ1n) is 9.39. The number of methoxy groups -OCH3 is 2. The van der Waals surface area contributed by atoms with Gasteiger partial charge in [-0.2, -0.15) is 0 Å². The number of ether oxygens (including phenoxy) is 2. The van der Waals surface area contributed by atoms with Crippen LogP contribution in [0.25, 0.3) is 10.9 Å². The predicted molar refractivity (Wildman–Crippen MR) is 110 cm³/mol. The lowest BCUT2D eigenvalue weighted by molar-refractivity contribution is -0.122. The van der Waals surface area contributed by atoms with Crippen molar-refractivity contribution >= 4 is 22.7 Å². The van der Waals surface area contributed by atoms with Crippen LogP contribution < -0.4 is 25.9 Å². The molecule has 0 fully saturated rings. The summed E-state index contributed by atoms with van der Waals surface area (Å²) < 4.78 is 25.4. The van der Waals surface area contributed by atoms with E-state index in [9.17, 15) is 18.8 Å². The average molecular weight is 428 g/mol. The van der Waals surface area contributed by atoms with Gasteiger partial charge in [-0.25, -0.2) is 9.37 Å². The Morgan fingerprint density at radius 2 is 1.81 bits per heavy atom. The first-order valence-corrected chi connectivity index (χ1v) is 9.39. The van der Waals surface area contributed by atoms with Crippen molar-refractivity contribution in [3.8, 4) is 11.5 Å². The highest BCUT2D eigenvalue weighted by Crippen LogP contribution is 2.29. The quantitative estimate of drug-likeness (QED) is 0.555. The molecule has 3 aromatic rings. The molecule has 0 radical (unpaired) electrons. The number of hydrogen-bond acceptors (Lipinski definition) is 6. The first-order chi connectivity index (χ1) is 14.9. The third kappa shape index (κ3) is 4.97. The summed E-state index contributed by atoms with van der Waals surface area (Å²) in [4.78, 5) is 40.8. The molecule has 0 aliphatic rings. The number of fused-ring (bicyclic) bond motifs is 1. The molecule has 2 N–H and O–H groups in total. The number of hydrogen-bond donors (Lipinski definition) is 2. The Bertz CT molecular complexity index is 1180. The molecule has 10 heteroatoms. The van der Waals surface area contributed by atoms with Crippen molar-refractivity contribution < 1.29 is 23.5 Å². The standard InChI is InChI=1S/C21H21FN4O5/c1-30-17-10-14-16(11-18(17)31-2)23-12-26(21(14)29)9-5-8-19(27)24-25-20(28)13-6-3-4-7-15(13)22/h3-4,6-7,10-12H,5,8-9H2,1-2H3,(H,24,27)(H,25,28). The van der Waals surface area contributed by atoms with Gasteiger partial charge in [-0.1, -0.05) is 12.1 Å². The Balaban J connectivity index is 1.58. The zero-order chi connectivity index (χ0) is 22.4. The van der Waals surface area contributed by atoms with Gasteiger partial charge < -0.3 is 9.47 Å². The number of aryl methyl sites for hydroxylation is 1. The number of carbonyl (C=O) groups is 2. The molecular formula is C21H21FN4O5. The highest BCUT2D eigenvalue weighted by Gasteiger charge is 2.13. The molecule has 0 unspecified atom stereocenters. The van der Waals surface area contributed by atoms with Gasteiger partial charge in [0.15, 0.2) is 11.5 Å². The highest BCUT2D eigenvalue weighted by atomic mass is 19.1. The normalized spacial score (nSPS) is 10.5. The molecule has 0 saturated heterocycles. The molecule has 1 heterocycles. The molecule has 0 aliphatic carbocycles. The number of aromatic nitrogens is 2. The molecule has 0 atom stereocenters. The fourth-order valence-corrected chi connectivity index (χ4v) is 2.96. The van der Waals surface area contributed by atoms with Crippen molar-refractivity contribution in [3.05, 3.63) is 64.5 Å². The Labute approximate surface area is 176 Å². The summed E-state index contributed by atoms with van der Waals surface area (Å²) in [6.45, 7) is 0.241. The van der Waals surface area contributed by atoms with E-state index in [0.29, 0.717) is 28.8 Å². The Morgan fingerprint density at radius 1 is 1.10 bits per heavy atom. The maximum absolute atomic E-state index is 13.6. The lowest BCUT2D eigenvalue weighted by Crippen LogP contribution is -2.42. The van der Waals surface area contributed by atoms with Crippen LogP contribution in [0, 0.1) is 5.82 Å². The maximum atomic E-state index is 13.6. The molecule has 31 heavy (non-hydrogen) atoms. The van der Waals surface area contributed by atoms with Crippen LogP contribution in [0.15, 0.2) is 47.5 Å². The minimum absolute atomic E-state index is 0.0357. The van der Waals surface area contributed by atoms with Gasteiger partial charge in [0, 0.05) is 19.0 Å². The van der Waals surface area contributed by atoms with E-state index in [2.05, 4.69) is 15.8 Å². The van der Waals surface area contributed by atoms with E-state index in [4.69, 9.17) is 9.47 Å². The number of hydrazine groups is 1.